The van der Waals surface area contributed by atoms with Gasteiger partial charge in [0.1, 0.15) is 52.7 Å². The third-order valence-electron chi connectivity index (χ3n) is 6.41. The molecule has 0 unspecified atom stereocenters. The van der Waals surface area contributed by atoms with E-state index < -0.39 is 145 Å². The average Bonchev–Trinajstić information content (AvgIpc) is 2.92. The Labute approximate surface area is 220 Å². The maximum Gasteiger partial charge on any atom is 0.200 e. The highest BCUT2D eigenvalue weighted by molar-refractivity contribution is 7.20. The minimum atomic E-state index is -6.67. The first-order chi connectivity index (χ1) is 19.4. The van der Waals surface area contributed by atoms with E-state index in [4.69, 9.17) is 0 Å². The molecule has 0 atom stereocenters. The molecule has 42 heavy (non-hydrogen) atoms. The zero-order chi connectivity index (χ0) is 31.7. The standard InChI is InChI=1S/C24H3BF17/c26-4-1-5(27)15(33)10(14(4)32)25(11-16(34)6(28)2-7(29)17(11)35,12-18(36)8(30)3-9(31)19(12)37)13-20(38)22(40)24(42)23(41)21(13)39/h1-3H/q-1. The molecule has 0 saturated heterocycles. The number of hydrogen-bond acceptors (Lipinski definition) is 0. The molecular weight excluding hydrogens is 622 g/mol. The van der Waals surface area contributed by atoms with E-state index in [0.29, 0.717) is 0 Å². The average molecular weight is 625 g/mol. The third-order valence-corrected chi connectivity index (χ3v) is 6.41. The van der Waals surface area contributed by atoms with Crippen LogP contribution < -0.4 is 21.9 Å². The second-order valence-corrected chi connectivity index (χ2v) is 8.50. The van der Waals surface area contributed by atoms with Gasteiger partial charge in [-0.05, 0) is 0 Å². The first-order valence-corrected chi connectivity index (χ1v) is 10.6. The second-order valence-electron chi connectivity index (χ2n) is 8.50. The summed E-state index contributed by atoms with van der Waals surface area (Å²) in [5.41, 5.74) is -12.6. The highest BCUT2D eigenvalue weighted by Crippen LogP contribution is 2.28. The van der Waals surface area contributed by atoms with E-state index >= 15 is 35.1 Å². The SMILES string of the molecule is Fc1cc(F)c(F)c([B-](c2c(F)c(F)cc(F)c2F)(c2c(F)c(F)cc(F)c2F)c2c(F)c(F)c(F)c(F)c2F)c1F. The summed E-state index contributed by atoms with van der Waals surface area (Å²) in [5, 5.41) is 0. The van der Waals surface area contributed by atoms with E-state index in [1.807, 2.05) is 0 Å². The summed E-state index contributed by atoms with van der Waals surface area (Å²) >= 11 is 0. The Bertz CT molecular complexity index is 1560. The van der Waals surface area contributed by atoms with Gasteiger partial charge in [0.05, 0.1) is 0 Å². The van der Waals surface area contributed by atoms with Crippen molar-refractivity contribution in [1.29, 1.82) is 0 Å². The fourth-order valence-corrected chi connectivity index (χ4v) is 4.78. The lowest BCUT2D eigenvalue weighted by molar-refractivity contribution is 0.383. The first-order valence-electron chi connectivity index (χ1n) is 10.6. The van der Waals surface area contributed by atoms with Crippen molar-refractivity contribution < 1.29 is 74.6 Å². The molecule has 0 bridgehead atoms. The molecule has 0 N–H and O–H groups in total. The van der Waals surface area contributed by atoms with Crippen molar-refractivity contribution >= 4 is 28.0 Å². The van der Waals surface area contributed by atoms with Gasteiger partial charge in [-0.1, -0.05) is 0 Å². The van der Waals surface area contributed by atoms with Crippen LogP contribution in [0.4, 0.5) is 74.6 Å². The van der Waals surface area contributed by atoms with E-state index in [1.54, 1.807) is 0 Å². The normalized spacial score (nSPS) is 11.9. The number of rotatable bonds is 4. The summed E-state index contributed by atoms with van der Waals surface area (Å²) in [5.74, 6) is -52.4. The van der Waals surface area contributed by atoms with Gasteiger partial charge in [0.2, 0.25) is 0 Å². The highest BCUT2D eigenvalue weighted by Gasteiger charge is 2.50. The summed E-state index contributed by atoms with van der Waals surface area (Å²) in [7, 11) is 0. The largest absolute Gasteiger partial charge is 0.207 e. The van der Waals surface area contributed by atoms with Crippen molar-refractivity contribution in [3.05, 3.63) is 117 Å². The van der Waals surface area contributed by atoms with E-state index in [2.05, 4.69) is 0 Å². The quantitative estimate of drug-likeness (QED) is 0.123. The van der Waals surface area contributed by atoms with Gasteiger partial charge in [-0.2, -0.15) is 0 Å². The van der Waals surface area contributed by atoms with Crippen molar-refractivity contribution in [2.75, 3.05) is 0 Å². The molecule has 0 amide bonds. The molecule has 0 saturated carbocycles. The van der Waals surface area contributed by atoms with Crippen LogP contribution >= 0.6 is 0 Å². The zero-order valence-electron chi connectivity index (χ0n) is 19.2. The van der Waals surface area contributed by atoms with Crippen molar-refractivity contribution in [1.82, 2.24) is 0 Å². The minimum absolute atomic E-state index is 0.745. The molecule has 4 aromatic carbocycles. The van der Waals surface area contributed by atoms with Crippen LogP contribution in [0.15, 0.2) is 18.2 Å². The number of hydrogen-bond donors (Lipinski definition) is 0. The summed E-state index contributed by atoms with van der Waals surface area (Å²) < 4.78 is 252. The Kier molecular flexibility index (Phi) is 7.48. The highest BCUT2D eigenvalue weighted by atomic mass is 19.2. The van der Waals surface area contributed by atoms with Crippen LogP contribution in [0, 0.1) is 98.9 Å². The van der Waals surface area contributed by atoms with Crippen LogP contribution in [-0.4, -0.2) is 6.15 Å². The summed E-state index contributed by atoms with van der Waals surface area (Å²) in [4.78, 5) is 0. The van der Waals surface area contributed by atoms with E-state index in [0.717, 1.165) is 0 Å². The molecule has 0 aliphatic rings. The van der Waals surface area contributed by atoms with Crippen LogP contribution in [0.5, 0.6) is 0 Å². The molecule has 0 spiro atoms. The Hall–Kier alpha value is -4.25. The first kappa shape index (κ1) is 30.7. The molecule has 4 rings (SSSR count). The summed E-state index contributed by atoms with van der Waals surface area (Å²) in [6, 6.07) is -2.23. The van der Waals surface area contributed by atoms with Crippen LogP contribution in [0.1, 0.15) is 0 Å². The van der Waals surface area contributed by atoms with E-state index in [-0.39, 0.29) is 0 Å². The molecule has 4 aromatic rings. The van der Waals surface area contributed by atoms with Crippen molar-refractivity contribution in [2.45, 2.75) is 0 Å². The number of benzene rings is 4. The topological polar surface area (TPSA) is 0 Å². The molecule has 0 aliphatic heterocycles. The van der Waals surface area contributed by atoms with Gasteiger partial charge >= 0.3 is 0 Å². The summed E-state index contributed by atoms with van der Waals surface area (Å²) in [6.45, 7) is 0. The lowest BCUT2D eigenvalue weighted by Crippen LogP contribution is -2.81. The van der Waals surface area contributed by atoms with Gasteiger partial charge in [-0.3, -0.25) is 0 Å². The number of halogens is 17. The summed E-state index contributed by atoms with van der Waals surface area (Å²) in [6.07, 6.45) is -6.67. The molecule has 0 radical (unpaired) electrons. The van der Waals surface area contributed by atoms with Gasteiger partial charge in [0.15, 0.2) is 52.4 Å². The molecule has 18 heteroatoms. The van der Waals surface area contributed by atoms with Crippen LogP contribution in [0.3, 0.4) is 0 Å². The minimum Gasteiger partial charge on any atom is -0.207 e. The maximum atomic E-state index is 15.3. The van der Waals surface area contributed by atoms with Gasteiger partial charge in [-0.25, -0.2) is 74.6 Å². The molecule has 0 fully saturated rings. The van der Waals surface area contributed by atoms with Crippen LogP contribution in [0.2, 0.25) is 0 Å². The van der Waals surface area contributed by atoms with Crippen molar-refractivity contribution in [3.63, 3.8) is 0 Å². The Morgan fingerprint density at radius 2 is 0.405 bits per heavy atom. The molecule has 0 nitrogen and oxygen atoms in total. The molecule has 0 heterocycles. The smallest absolute Gasteiger partial charge is 0.200 e. The fraction of sp³-hybridized carbons (Fsp3) is 0. The Balaban J connectivity index is 2.65. The van der Waals surface area contributed by atoms with Gasteiger partial charge in [0, 0.05) is 18.2 Å². The molecule has 0 aliphatic carbocycles. The van der Waals surface area contributed by atoms with Gasteiger partial charge in [-0.15, -0.1) is 21.9 Å². The molecular formula is C24H3BF17-. The van der Waals surface area contributed by atoms with Crippen molar-refractivity contribution in [2.24, 2.45) is 0 Å². The maximum absolute atomic E-state index is 15.3. The lowest BCUT2D eigenvalue weighted by atomic mass is 9.12. The fourth-order valence-electron chi connectivity index (χ4n) is 4.78. The molecule has 222 valence electrons. The predicted molar refractivity (Wildman–Crippen MR) is 109 cm³/mol. The monoisotopic (exact) mass is 625 g/mol. The van der Waals surface area contributed by atoms with E-state index in [9.17, 15) is 39.5 Å². The van der Waals surface area contributed by atoms with Crippen LogP contribution in [-0.2, 0) is 0 Å². The zero-order valence-corrected chi connectivity index (χ0v) is 19.2. The predicted octanol–water partition coefficient (Wildman–Crippen LogP) is 5.43. The Morgan fingerprint density at radius 3 is 0.619 bits per heavy atom. The Morgan fingerprint density at radius 1 is 0.238 bits per heavy atom. The lowest BCUT2D eigenvalue weighted by Gasteiger charge is -2.44. The van der Waals surface area contributed by atoms with Gasteiger partial charge in [0.25, 0.3) is 0 Å². The van der Waals surface area contributed by atoms with Gasteiger partial charge < -0.3 is 0 Å². The van der Waals surface area contributed by atoms with Crippen LogP contribution in [0.25, 0.3) is 0 Å². The van der Waals surface area contributed by atoms with Crippen molar-refractivity contribution in [3.8, 4) is 0 Å². The third kappa shape index (κ3) is 4.01. The second kappa shape index (κ2) is 10.2. The molecule has 0 aromatic heterocycles. The van der Waals surface area contributed by atoms with E-state index in [1.165, 1.54) is 0 Å².